The second kappa shape index (κ2) is 3.17. The van der Waals surface area contributed by atoms with Gasteiger partial charge in [-0.15, -0.1) is 0 Å². The molecule has 0 unspecified atom stereocenters. The number of allylic oxidation sites excluding steroid dienone is 4. The lowest BCUT2D eigenvalue weighted by Crippen LogP contribution is -2.41. The normalized spacial score (nSPS) is 27.4. The highest BCUT2D eigenvalue weighted by Crippen LogP contribution is 2.51. The second-order valence-electron chi connectivity index (χ2n) is 2.89. The van der Waals surface area contributed by atoms with E-state index in [1.54, 1.807) is 0 Å². The average molecular weight is 256 g/mol. The molecule has 0 N–H and O–H groups in total. The van der Waals surface area contributed by atoms with Crippen LogP contribution in [-0.2, 0) is 0 Å². The minimum absolute atomic E-state index is 1.39. The third-order valence-corrected chi connectivity index (χ3v) is 1.76. The summed E-state index contributed by atoms with van der Waals surface area (Å²) < 4.78 is 112. The molecule has 0 heterocycles. The Morgan fingerprint density at radius 2 is 1.12 bits per heavy atom. The second-order valence-corrected chi connectivity index (χ2v) is 2.89. The van der Waals surface area contributed by atoms with Crippen LogP contribution in [-0.4, -0.2) is 17.8 Å². The summed E-state index contributed by atoms with van der Waals surface area (Å²) >= 11 is 0. The van der Waals surface area contributed by atoms with E-state index in [-0.39, 0.29) is 0 Å². The maximum atomic E-state index is 12.4. The van der Waals surface area contributed by atoms with Gasteiger partial charge in [0.15, 0.2) is 5.83 Å². The summed E-state index contributed by atoms with van der Waals surface area (Å²) in [7, 11) is 0. The molecule has 1 rings (SSSR count). The zero-order valence-corrected chi connectivity index (χ0v) is 6.98. The molecule has 16 heavy (non-hydrogen) atoms. The van der Waals surface area contributed by atoms with Crippen LogP contribution in [0.5, 0.6) is 0 Å². The van der Waals surface area contributed by atoms with E-state index in [4.69, 9.17) is 0 Å². The van der Waals surface area contributed by atoms with Gasteiger partial charge in [-0.05, 0) is 0 Å². The van der Waals surface area contributed by atoms with Gasteiger partial charge in [0.05, 0.1) is 0 Å². The zero-order valence-electron chi connectivity index (χ0n) is 6.98. The summed E-state index contributed by atoms with van der Waals surface area (Å²) in [5.74, 6) is -27.5. The van der Waals surface area contributed by atoms with Gasteiger partial charge in [0.25, 0.3) is 0 Å². The first-order valence-corrected chi connectivity index (χ1v) is 3.53. The topological polar surface area (TPSA) is 0 Å². The Hall–Kier alpha value is -1.15. The summed E-state index contributed by atoms with van der Waals surface area (Å²) in [6, 6.07) is 0. The van der Waals surface area contributed by atoms with Gasteiger partial charge in [0.2, 0.25) is 11.7 Å². The third-order valence-electron chi connectivity index (χ3n) is 1.76. The van der Waals surface area contributed by atoms with Crippen LogP contribution in [0.1, 0.15) is 0 Å². The molecule has 0 aromatic carbocycles. The van der Waals surface area contributed by atoms with Crippen molar-refractivity contribution in [1.29, 1.82) is 0 Å². The van der Waals surface area contributed by atoms with Crippen molar-refractivity contribution in [3.05, 3.63) is 23.6 Å². The van der Waals surface area contributed by atoms with Gasteiger partial charge in [0, 0.05) is 6.08 Å². The molecule has 0 atom stereocenters. The van der Waals surface area contributed by atoms with Crippen molar-refractivity contribution in [2.75, 3.05) is 0 Å². The van der Waals surface area contributed by atoms with E-state index in [0.717, 1.165) is 0 Å². The van der Waals surface area contributed by atoms with Crippen LogP contribution in [0.2, 0.25) is 0 Å². The Kier molecular flexibility index (Phi) is 2.56. The van der Waals surface area contributed by atoms with Crippen molar-refractivity contribution in [3.8, 4) is 0 Å². The van der Waals surface area contributed by atoms with E-state index >= 15 is 0 Å². The fourth-order valence-corrected chi connectivity index (χ4v) is 0.885. The van der Waals surface area contributed by atoms with Crippen LogP contribution in [0.4, 0.5) is 39.5 Å². The molecule has 0 radical (unpaired) electrons. The molecule has 0 saturated heterocycles. The molecule has 9 heteroatoms. The minimum Gasteiger partial charge on any atom is -0.205 e. The highest BCUT2D eigenvalue weighted by atomic mass is 19.3. The van der Waals surface area contributed by atoms with E-state index in [0.29, 0.717) is 0 Å². The first-order valence-electron chi connectivity index (χ1n) is 3.53. The number of alkyl halides is 6. The van der Waals surface area contributed by atoms with Crippen LogP contribution in [0.3, 0.4) is 0 Å². The van der Waals surface area contributed by atoms with E-state index in [2.05, 4.69) is 0 Å². The average Bonchev–Trinajstić information content (AvgIpc) is 2.15. The molecule has 0 aromatic heterocycles. The molecular formula is C7HF9. The molecule has 0 aromatic rings. The van der Waals surface area contributed by atoms with Crippen LogP contribution in [0.25, 0.3) is 0 Å². The van der Waals surface area contributed by atoms with Gasteiger partial charge in [0.1, 0.15) is 0 Å². The molecule has 0 fully saturated rings. The van der Waals surface area contributed by atoms with E-state index in [1.165, 1.54) is 0 Å². The standard InChI is InChI=1S/C7HF9/c8-2-1-5(11,12)3(9)4(10)7(15,16)6(2,13)14/h1H. The fourth-order valence-electron chi connectivity index (χ4n) is 0.885. The molecule has 0 saturated carbocycles. The number of hydrogen-bond acceptors (Lipinski definition) is 0. The lowest BCUT2D eigenvalue weighted by molar-refractivity contribution is -0.181. The number of halogens is 9. The highest BCUT2D eigenvalue weighted by molar-refractivity contribution is 5.33. The maximum Gasteiger partial charge on any atom is 0.370 e. The summed E-state index contributed by atoms with van der Waals surface area (Å²) in [5.41, 5.74) is 0. The Morgan fingerprint density at radius 1 is 0.688 bits per heavy atom. The molecule has 0 aliphatic heterocycles. The first kappa shape index (κ1) is 12.9. The van der Waals surface area contributed by atoms with Crippen LogP contribution in [0, 0.1) is 0 Å². The monoisotopic (exact) mass is 256 g/mol. The Labute approximate surface area is 82.0 Å². The van der Waals surface area contributed by atoms with Crippen molar-refractivity contribution < 1.29 is 39.5 Å². The SMILES string of the molecule is FC1=CC(F)(F)C(F)=C(F)C(F)(F)C1(F)F. The van der Waals surface area contributed by atoms with Crippen molar-refractivity contribution >= 4 is 0 Å². The Bertz CT molecular complexity index is 375. The molecular weight excluding hydrogens is 255 g/mol. The summed E-state index contributed by atoms with van der Waals surface area (Å²) in [4.78, 5) is 0. The van der Waals surface area contributed by atoms with Crippen LogP contribution in [0.15, 0.2) is 23.6 Å². The van der Waals surface area contributed by atoms with E-state index in [1.807, 2.05) is 0 Å². The number of hydrogen-bond donors (Lipinski definition) is 0. The van der Waals surface area contributed by atoms with Gasteiger partial charge in [-0.2, -0.15) is 26.3 Å². The number of rotatable bonds is 0. The molecule has 0 bridgehead atoms. The zero-order chi connectivity index (χ0) is 12.9. The predicted octanol–water partition coefficient (Wildman–Crippen LogP) is 3.91. The third kappa shape index (κ3) is 1.49. The van der Waals surface area contributed by atoms with Crippen LogP contribution < -0.4 is 0 Å². The molecule has 0 amide bonds. The summed E-state index contributed by atoms with van der Waals surface area (Å²) in [6.07, 6.45) is -1.39. The lowest BCUT2D eigenvalue weighted by atomic mass is 10.1. The van der Waals surface area contributed by atoms with Crippen molar-refractivity contribution in [3.63, 3.8) is 0 Å². The minimum atomic E-state index is -6.00. The largest absolute Gasteiger partial charge is 0.370 e. The smallest absolute Gasteiger partial charge is 0.205 e. The van der Waals surface area contributed by atoms with Crippen molar-refractivity contribution in [2.45, 2.75) is 17.8 Å². The van der Waals surface area contributed by atoms with E-state index < -0.39 is 41.3 Å². The maximum absolute atomic E-state index is 12.4. The van der Waals surface area contributed by atoms with Crippen molar-refractivity contribution in [1.82, 2.24) is 0 Å². The quantitative estimate of drug-likeness (QED) is 0.576. The molecule has 1 aliphatic rings. The predicted molar refractivity (Wildman–Crippen MR) is 33.3 cm³/mol. The van der Waals surface area contributed by atoms with Gasteiger partial charge in [-0.1, -0.05) is 0 Å². The Balaban J connectivity index is 3.59. The van der Waals surface area contributed by atoms with Gasteiger partial charge in [-0.25, -0.2) is 13.2 Å². The molecule has 92 valence electrons. The Morgan fingerprint density at radius 3 is 1.56 bits per heavy atom. The van der Waals surface area contributed by atoms with Gasteiger partial charge >= 0.3 is 17.8 Å². The van der Waals surface area contributed by atoms with Gasteiger partial charge in [-0.3, -0.25) is 0 Å². The van der Waals surface area contributed by atoms with Crippen molar-refractivity contribution in [2.24, 2.45) is 0 Å². The summed E-state index contributed by atoms with van der Waals surface area (Å²) in [6.45, 7) is 0. The molecule has 1 aliphatic carbocycles. The van der Waals surface area contributed by atoms with Crippen LogP contribution >= 0.6 is 0 Å². The molecule has 0 nitrogen and oxygen atoms in total. The first-order chi connectivity index (χ1) is 6.94. The molecule has 0 spiro atoms. The fraction of sp³-hybridized carbons (Fsp3) is 0.429. The van der Waals surface area contributed by atoms with Gasteiger partial charge < -0.3 is 0 Å². The highest BCUT2D eigenvalue weighted by Gasteiger charge is 2.67. The lowest BCUT2D eigenvalue weighted by Gasteiger charge is -2.22. The summed E-state index contributed by atoms with van der Waals surface area (Å²) in [5, 5.41) is 0. The van der Waals surface area contributed by atoms with E-state index in [9.17, 15) is 39.5 Å².